The summed E-state index contributed by atoms with van der Waals surface area (Å²) in [4.78, 5) is 30.2. The molecule has 2 amide bonds. The summed E-state index contributed by atoms with van der Waals surface area (Å²) in [6, 6.07) is 8.27. The molecular formula is C23H28N4O3S. The molecule has 3 aromatic rings. The second-order valence-electron chi connectivity index (χ2n) is 8.28. The van der Waals surface area contributed by atoms with E-state index in [4.69, 9.17) is 4.63 Å². The number of rotatable bonds is 5. The van der Waals surface area contributed by atoms with Crippen LogP contribution < -0.4 is 0 Å². The molecule has 3 heterocycles. The molecule has 1 aliphatic heterocycles. The highest BCUT2D eigenvalue weighted by molar-refractivity contribution is 7.21. The number of aromatic nitrogens is 2. The summed E-state index contributed by atoms with van der Waals surface area (Å²) < 4.78 is 5.87. The van der Waals surface area contributed by atoms with Crippen molar-refractivity contribution in [3.63, 3.8) is 0 Å². The van der Waals surface area contributed by atoms with E-state index in [1.165, 1.54) is 11.3 Å². The molecule has 0 saturated carbocycles. The lowest BCUT2D eigenvalue weighted by atomic mass is 9.97. The van der Waals surface area contributed by atoms with E-state index in [1.807, 2.05) is 24.0 Å². The number of hydrogen-bond donors (Lipinski definition) is 0. The van der Waals surface area contributed by atoms with Crippen LogP contribution in [0.2, 0.25) is 0 Å². The molecule has 1 aromatic carbocycles. The Morgan fingerprint density at radius 3 is 2.77 bits per heavy atom. The lowest BCUT2D eigenvalue weighted by molar-refractivity contribution is -0.131. The minimum absolute atomic E-state index is 0.0402. The van der Waals surface area contributed by atoms with E-state index >= 15 is 0 Å². The average molecular weight is 441 g/mol. The Morgan fingerprint density at radius 1 is 1.23 bits per heavy atom. The smallest absolute Gasteiger partial charge is 0.264 e. The van der Waals surface area contributed by atoms with Gasteiger partial charge in [-0.15, -0.1) is 11.3 Å². The van der Waals surface area contributed by atoms with Crippen molar-refractivity contribution in [2.75, 3.05) is 13.6 Å². The van der Waals surface area contributed by atoms with Gasteiger partial charge in [0.05, 0.1) is 11.4 Å². The van der Waals surface area contributed by atoms with Crippen LogP contribution in [0.1, 0.15) is 59.2 Å². The predicted molar refractivity (Wildman–Crippen MR) is 120 cm³/mol. The number of hydrogen-bond acceptors (Lipinski definition) is 6. The fraction of sp³-hybridized carbons (Fsp3) is 0.478. The first-order valence-electron chi connectivity index (χ1n) is 10.8. The van der Waals surface area contributed by atoms with Gasteiger partial charge in [0.15, 0.2) is 0 Å². The predicted octanol–water partition coefficient (Wildman–Crippen LogP) is 4.20. The van der Waals surface area contributed by atoms with Gasteiger partial charge >= 0.3 is 0 Å². The molecule has 1 fully saturated rings. The monoisotopic (exact) mass is 440 g/mol. The third kappa shape index (κ3) is 4.49. The van der Waals surface area contributed by atoms with Crippen molar-refractivity contribution in [2.24, 2.45) is 0 Å². The van der Waals surface area contributed by atoms with Crippen LogP contribution in [0, 0.1) is 6.92 Å². The quantitative estimate of drug-likeness (QED) is 0.594. The number of benzene rings is 1. The molecule has 7 nitrogen and oxygen atoms in total. The number of carbonyl (C=O) groups excluding carboxylic acids is 2. The standard InChI is InChI=1S/C23H28N4O3S/c1-15-20(25-30-24-15)14-26(3)23(29)22-19(18-10-6-7-11-21(18)31-22)13-17-9-5-4-8-12-27(17)16(2)28/h6-7,10-11,17H,4-5,8-9,12-14H2,1-3H3/t17-/m0/s1. The fourth-order valence-electron chi connectivity index (χ4n) is 4.38. The van der Waals surface area contributed by atoms with E-state index in [9.17, 15) is 9.59 Å². The van der Waals surface area contributed by atoms with Crippen LogP contribution in [0.15, 0.2) is 28.9 Å². The largest absolute Gasteiger partial charge is 0.340 e. The Balaban J connectivity index is 1.67. The van der Waals surface area contributed by atoms with E-state index in [0.29, 0.717) is 24.4 Å². The molecule has 0 aliphatic carbocycles. The summed E-state index contributed by atoms with van der Waals surface area (Å²) in [7, 11) is 1.78. The lowest BCUT2D eigenvalue weighted by Gasteiger charge is -2.29. The van der Waals surface area contributed by atoms with E-state index in [-0.39, 0.29) is 17.9 Å². The zero-order chi connectivity index (χ0) is 22.0. The van der Waals surface area contributed by atoms with Crippen LogP contribution >= 0.6 is 11.3 Å². The number of amides is 2. The van der Waals surface area contributed by atoms with E-state index in [2.05, 4.69) is 22.4 Å². The van der Waals surface area contributed by atoms with E-state index < -0.39 is 0 Å². The van der Waals surface area contributed by atoms with Gasteiger partial charge in [0, 0.05) is 31.3 Å². The summed E-state index contributed by atoms with van der Waals surface area (Å²) in [5.74, 6) is 0.0760. The van der Waals surface area contributed by atoms with Gasteiger partial charge in [-0.3, -0.25) is 9.59 Å². The normalized spacial score (nSPS) is 17.0. The van der Waals surface area contributed by atoms with Crippen LogP contribution in [0.4, 0.5) is 0 Å². The van der Waals surface area contributed by atoms with Crippen LogP contribution in [-0.2, 0) is 17.8 Å². The molecule has 0 unspecified atom stereocenters. The van der Waals surface area contributed by atoms with Gasteiger partial charge in [-0.05, 0) is 43.2 Å². The molecule has 8 heteroatoms. The first-order chi connectivity index (χ1) is 15.0. The van der Waals surface area contributed by atoms with Crippen molar-refractivity contribution in [1.82, 2.24) is 20.1 Å². The first kappa shape index (κ1) is 21.5. The minimum Gasteiger partial charge on any atom is -0.340 e. The number of aryl methyl sites for hydroxylation is 1. The molecule has 1 saturated heterocycles. The summed E-state index contributed by atoms with van der Waals surface area (Å²) in [5, 5.41) is 8.82. The number of likely N-dealkylation sites (tertiary alicyclic amines) is 1. The van der Waals surface area contributed by atoms with E-state index in [1.54, 1.807) is 18.9 Å². The molecule has 1 atom stereocenters. The van der Waals surface area contributed by atoms with Gasteiger partial charge in [0.25, 0.3) is 5.91 Å². The summed E-state index contributed by atoms with van der Waals surface area (Å²) in [6.45, 7) is 4.60. The Morgan fingerprint density at radius 2 is 2.03 bits per heavy atom. The number of thiophene rings is 1. The minimum atomic E-state index is -0.0402. The van der Waals surface area contributed by atoms with Gasteiger partial charge in [0.2, 0.25) is 5.91 Å². The molecule has 4 rings (SSSR count). The highest BCUT2D eigenvalue weighted by atomic mass is 32.1. The third-order valence-electron chi connectivity index (χ3n) is 6.09. The molecular weight excluding hydrogens is 412 g/mol. The van der Waals surface area contributed by atoms with Crippen molar-refractivity contribution >= 4 is 33.2 Å². The summed E-state index contributed by atoms with van der Waals surface area (Å²) >= 11 is 1.53. The summed E-state index contributed by atoms with van der Waals surface area (Å²) in [5.41, 5.74) is 2.39. The van der Waals surface area contributed by atoms with Crippen molar-refractivity contribution in [2.45, 2.75) is 58.5 Å². The Hall–Kier alpha value is -2.74. The number of nitrogens with zero attached hydrogens (tertiary/aromatic N) is 4. The zero-order valence-corrected chi connectivity index (χ0v) is 19.1. The maximum absolute atomic E-state index is 13.5. The molecule has 2 aromatic heterocycles. The average Bonchev–Trinajstić information content (AvgIpc) is 3.22. The molecule has 1 aliphatic rings. The van der Waals surface area contributed by atoms with Crippen LogP contribution in [0.25, 0.3) is 10.1 Å². The van der Waals surface area contributed by atoms with Gasteiger partial charge in [-0.25, -0.2) is 4.63 Å². The zero-order valence-electron chi connectivity index (χ0n) is 18.3. The highest BCUT2D eigenvalue weighted by Crippen LogP contribution is 2.35. The fourth-order valence-corrected chi connectivity index (χ4v) is 5.60. The van der Waals surface area contributed by atoms with Crippen LogP contribution in [-0.4, -0.2) is 51.6 Å². The molecule has 31 heavy (non-hydrogen) atoms. The molecule has 0 bridgehead atoms. The number of carbonyl (C=O) groups is 2. The molecule has 0 radical (unpaired) electrons. The Kier molecular flexibility index (Phi) is 6.36. The second-order valence-corrected chi connectivity index (χ2v) is 9.34. The van der Waals surface area contributed by atoms with Gasteiger partial charge < -0.3 is 9.80 Å². The van der Waals surface area contributed by atoms with Crippen LogP contribution in [0.5, 0.6) is 0 Å². The van der Waals surface area contributed by atoms with Gasteiger partial charge in [-0.2, -0.15) is 0 Å². The Bertz CT molecular complexity index is 1090. The van der Waals surface area contributed by atoms with Gasteiger partial charge in [-0.1, -0.05) is 41.4 Å². The topological polar surface area (TPSA) is 79.5 Å². The Labute approximate surface area is 186 Å². The maximum Gasteiger partial charge on any atom is 0.264 e. The van der Waals surface area contributed by atoms with Crippen molar-refractivity contribution < 1.29 is 14.2 Å². The SMILES string of the molecule is CC(=O)N1CCCCC[C@H]1Cc1c(C(=O)N(C)Cc2nonc2C)sc2ccccc12. The van der Waals surface area contributed by atoms with Crippen molar-refractivity contribution in [3.05, 3.63) is 46.1 Å². The number of fused-ring (bicyclic) bond motifs is 1. The third-order valence-corrected chi connectivity index (χ3v) is 7.29. The lowest BCUT2D eigenvalue weighted by Crippen LogP contribution is -2.40. The molecule has 0 spiro atoms. The highest BCUT2D eigenvalue weighted by Gasteiger charge is 2.28. The molecule has 164 valence electrons. The van der Waals surface area contributed by atoms with Crippen molar-refractivity contribution in [3.8, 4) is 0 Å². The van der Waals surface area contributed by atoms with Gasteiger partial charge in [0.1, 0.15) is 11.4 Å². The van der Waals surface area contributed by atoms with Crippen molar-refractivity contribution in [1.29, 1.82) is 0 Å². The first-order valence-corrected chi connectivity index (χ1v) is 11.6. The second kappa shape index (κ2) is 9.18. The van der Waals surface area contributed by atoms with Crippen LogP contribution in [0.3, 0.4) is 0 Å². The molecule has 0 N–H and O–H groups in total. The maximum atomic E-state index is 13.5. The summed E-state index contributed by atoms with van der Waals surface area (Å²) in [6.07, 6.45) is 4.96. The van der Waals surface area contributed by atoms with E-state index in [0.717, 1.165) is 52.8 Å².